The van der Waals surface area contributed by atoms with Gasteiger partial charge >= 0.3 is 18.6 Å². The molecule has 2 N–H and O–H groups in total. The number of aliphatic carboxylic acids is 1. The Hall–Kier alpha value is -4.06. The van der Waals surface area contributed by atoms with Crippen molar-refractivity contribution < 1.29 is 36.6 Å². The predicted molar refractivity (Wildman–Crippen MR) is 131 cm³/mol. The van der Waals surface area contributed by atoms with Crippen molar-refractivity contribution in [2.75, 3.05) is 6.26 Å². The van der Waals surface area contributed by atoms with Crippen molar-refractivity contribution in [3.8, 4) is 11.1 Å². The molecular weight excluding hydrogens is 508 g/mol. The minimum atomic E-state index is -3.60. The Morgan fingerprint density at radius 1 is 1.14 bits per heavy atom. The number of aromatic nitrogens is 2. The quantitative estimate of drug-likeness (QED) is 0.393. The van der Waals surface area contributed by atoms with Crippen LogP contribution in [0.4, 0.5) is 13.6 Å². The third-order valence-corrected chi connectivity index (χ3v) is 6.20. The molecule has 0 aliphatic carbocycles. The first-order valence-corrected chi connectivity index (χ1v) is 12.9. The number of nitrogens with one attached hydrogen (secondary N) is 1. The number of benzene rings is 2. The predicted octanol–water partition coefficient (Wildman–Crippen LogP) is 4.49. The molecule has 12 heteroatoms. The van der Waals surface area contributed by atoms with Crippen molar-refractivity contribution in [3.05, 3.63) is 89.1 Å². The average molecular weight is 534 g/mol. The van der Waals surface area contributed by atoms with E-state index >= 15 is 0 Å². The van der Waals surface area contributed by atoms with Crippen LogP contribution in [0.1, 0.15) is 31.0 Å². The van der Waals surface area contributed by atoms with Crippen molar-refractivity contribution in [3.63, 3.8) is 0 Å². The lowest BCUT2D eigenvalue weighted by atomic mass is 9.83. The van der Waals surface area contributed by atoms with Gasteiger partial charge in [0.15, 0.2) is 15.4 Å². The number of rotatable bonds is 10. The summed E-state index contributed by atoms with van der Waals surface area (Å²) in [5, 5.41) is 17.2. The van der Waals surface area contributed by atoms with Crippen molar-refractivity contribution >= 4 is 21.9 Å². The first-order chi connectivity index (χ1) is 17.4. The van der Waals surface area contributed by atoms with Crippen LogP contribution in [0.25, 0.3) is 11.1 Å². The van der Waals surface area contributed by atoms with Gasteiger partial charge in [-0.05, 0) is 23.6 Å². The molecule has 0 bridgehead atoms. The summed E-state index contributed by atoms with van der Waals surface area (Å²) in [5.74, 6) is -1.45. The molecule has 1 amide bonds. The largest absolute Gasteiger partial charge is 0.479 e. The SMILES string of the molecule is CC(=CS(C)(=O)=O)C[C@](NC(=O)OCc1ccccc1)(C(=O)O)c1ccc(-c2cnn(C(F)F)c2)cc1. The van der Waals surface area contributed by atoms with Crippen molar-refractivity contribution in [2.24, 2.45) is 0 Å². The van der Waals surface area contributed by atoms with Crippen molar-refractivity contribution in [1.82, 2.24) is 15.1 Å². The Morgan fingerprint density at radius 3 is 2.32 bits per heavy atom. The van der Waals surface area contributed by atoms with Crippen LogP contribution in [0.15, 0.2) is 78.0 Å². The maximum Gasteiger partial charge on any atom is 0.408 e. The number of alkyl halides is 2. The normalized spacial score (nSPS) is 13.7. The van der Waals surface area contributed by atoms with E-state index < -0.39 is 40.4 Å². The van der Waals surface area contributed by atoms with Gasteiger partial charge < -0.3 is 15.2 Å². The number of halogens is 2. The summed E-state index contributed by atoms with van der Waals surface area (Å²) in [6.45, 7) is -1.50. The Morgan fingerprint density at radius 2 is 1.78 bits per heavy atom. The van der Waals surface area contributed by atoms with Crippen LogP contribution >= 0.6 is 0 Å². The molecule has 196 valence electrons. The number of hydrogen-bond donors (Lipinski definition) is 2. The lowest BCUT2D eigenvalue weighted by Crippen LogP contribution is -2.52. The fourth-order valence-corrected chi connectivity index (χ4v) is 4.59. The number of carboxylic acid groups (broad SMARTS) is 1. The maximum atomic E-state index is 12.9. The molecule has 0 fully saturated rings. The zero-order valence-corrected chi connectivity index (χ0v) is 20.8. The van der Waals surface area contributed by atoms with E-state index in [1.54, 1.807) is 30.3 Å². The van der Waals surface area contributed by atoms with E-state index in [-0.39, 0.29) is 17.7 Å². The van der Waals surface area contributed by atoms with Crippen LogP contribution in [0.5, 0.6) is 0 Å². The van der Waals surface area contributed by atoms with Gasteiger partial charge in [0, 0.05) is 29.8 Å². The Balaban J connectivity index is 1.96. The van der Waals surface area contributed by atoms with Crippen LogP contribution in [-0.2, 0) is 31.5 Å². The number of alkyl carbamates (subject to hydrolysis) is 1. The molecule has 9 nitrogen and oxygen atoms in total. The van der Waals surface area contributed by atoms with Gasteiger partial charge in [0.25, 0.3) is 0 Å². The van der Waals surface area contributed by atoms with Gasteiger partial charge in [-0.15, -0.1) is 0 Å². The van der Waals surface area contributed by atoms with E-state index in [9.17, 15) is 31.9 Å². The van der Waals surface area contributed by atoms with E-state index in [0.29, 0.717) is 21.4 Å². The molecule has 3 rings (SSSR count). The molecule has 1 atom stereocenters. The third kappa shape index (κ3) is 7.23. The first-order valence-electron chi connectivity index (χ1n) is 10.9. The maximum absolute atomic E-state index is 12.9. The van der Waals surface area contributed by atoms with E-state index in [1.165, 1.54) is 37.4 Å². The smallest absolute Gasteiger partial charge is 0.408 e. The third-order valence-electron chi connectivity index (χ3n) is 5.37. The monoisotopic (exact) mass is 533 g/mol. The lowest BCUT2D eigenvalue weighted by Gasteiger charge is -2.31. The lowest BCUT2D eigenvalue weighted by molar-refractivity contribution is -0.145. The van der Waals surface area contributed by atoms with E-state index in [4.69, 9.17) is 4.74 Å². The molecule has 3 aromatic rings. The van der Waals surface area contributed by atoms with Crippen LogP contribution in [0.2, 0.25) is 0 Å². The fourth-order valence-electron chi connectivity index (χ4n) is 3.77. The first kappa shape index (κ1) is 27.5. The highest BCUT2D eigenvalue weighted by atomic mass is 32.2. The molecule has 0 spiro atoms. The molecule has 2 aromatic carbocycles. The number of carbonyl (C=O) groups excluding carboxylic acids is 1. The number of nitrogens with zero attached hydrogens (tertiary/aromatic N) is 2. The van der Waals surface area contributed by atoms with Gasteiger partial charge in [0.1, 0.15) is 6.61 Å². The molecule has 1 aromatic heterocycles. The number of hydrogen-bond acceptors (Lipinski definition) is 6. The van der Waals surface area contributed by atoms with Gasteiger partial charge in [-0.2, -0.15) is 13.9 Å². The second kappa shape index (κ2) is 11.3. The molecular formula is C25H25F2N3O6S. The van der Waals surface area contributed by atoms with Crippen LogP contribution in [0.3, 0.4) is 0 Å². The highest BCUT2D eigenvalue weighted by Gasteiger charge is 2.43. The molecule has 0 saturated heterocycles. The van der Waals surface area contributed by atoms with Crippen molar-refractivity contribution in [2.45, 2.75) is 32.0 Å². The molecule has 0 aliphatic rings. The Labute approximate surface area is 212 Å². The van der Waals surface area contributed by atoms with E-state index in [1.807, 2.05) is 0 Å². The highest BCUT2D eigenvalue weighted by Crippen LogP contribution is 2.32. The molecule has 1 heterocycles. The van der Waals surface area contributed by atoms with Gasteiger partial charge in [0.2, 0.25) is 0 Å². The zero-order chi connectivity index (χ0) is 27.2. The van der Waals surface area contributed by atoms with E-state index in [0.717, 1.165) is 17.9 Å². The summed E-state index contributed by atoms with van der Waals surface area (Å²) in [6, 6.07) is 14.6. The number of carbonyl (C=O) groups is 2. The zero-order valence-electron chi connectivity index (χ0n) is 20.0. The van der Waals surface area contributed by atoms with Gasteiger partial charge in [0.05, 0.1) is 6.20 Å². The summed E-state index contributed by atoms with van der Waals surface area (Å²) >= 11 is 0. The summed E-state index contributed by atoms with van der Waals surface area (Å²) in [6.07, 6.45) is 1.93. The van der Waals surface area contributed by atoms with Gasteiger partial charge in [-0.1, -0.05) is 60.2 Å². The second-order valence-corrected chi connectivity index (χ2v) is 10.3. The second-order valence-electron chi connectivity index (χ2n) is 8.43. The number of amides is 1. The Kier molecular flexibility index (Phi) is 8.43. The van der Waals surface area contributed by atoms with E-state index in [2.05, 4.69) is 10.4 Å². The molecule has 0 saturated carbocycles. The number of carboxylic acids is 1. The minimum absolute atomic E-state index is 0.114. The molecule has 37 heavy (non-hydrogen) atoms. The standard InChI is InChI=1S/C25H25F2N3O6S/c1-17(16-37(2,34)35)12-25(22(31)32,29-24(33)36-15-18-6-4-3-5-7-18)21-10-8-19(9-11-21)20-13-28-30(14-20)23(26)27/h3-11,13-14,16,23H,12,15H2,1-2H3,(H,29,33)(H,31,32)/t25-/m1/s1. The van der Waals surface area contributed by atoms with Crippen molar-refractivity contribution in [1.29, 1.82) is 0 Å². The van der Waals surface area contributed by atoms with Gasteiger partial charge in [-0.3, -0.25) is 0 Å². The molecule has 0 radical (unpaired) electrons. The average Bonchev–Trinajstić information content (AvgIpc) is 3.32. The number of ether oxygens (including phenoxy) is 1. The van der Waals surface area contributed by atoms with Crippen LogP contribution < -0.4 is 5.32 Å². The Bertz CT molecular complexity index is 1390. The summed E-state index contributed by atoms with van der Waals surface area (Å²) in [5.41, 5.74) is -0.273. The fraction of sp³-hybridized carbons (Fsp3) is 0.240. The van der Waals surface area contributed by atoms with Crippen LogP contribution in [-0.4, -0.2) is 41.6 Å². The summed E-state index contributed by atoms with van der Waals surface area (Å²) < 4.78 is 55.0. The minimum Gasteiger partial charge on any atom is -0.479 e. The molecule has 0 unspecified atom stereocenters. The van der Waals surface area contributed by atoms with Gasteiger partial charge in [-0.25, -0.2) is 22.7 Å². The molecule has 0 aliphatic heterocycles. The van der Waals surface area contributed by atoms with Crippen LogP contribution in [0, 0.1) is 0 Å². The number of sulfone groups is 1. The highest BCUT2D eigenvalue weighted by molar-refractivity contribution is 7.93. The summed E-state index contributed by atoms with van der Waals surface area (Å²) in [4.78, 5) is 25.3. The summed E-state index contributed by atoms with van der Waals surface area (Å²) in [7, 11) is -3.60. The topological polar surface area (TPSA) is 128 Å².